The number of hydrogen-bond acceptors (Lipinski definition) is 6. The maximum absolute atomic E-state index is 12.9. The van der Waals surface area contributed by atoms with Gasteiger partial charge in [0.1, 0.15) is 15.6 Å². The fourth-order valence-corrected chi connectivity index (χ4v) is 3.79. The second-order valence-electron chi connectivity index (χ2n) is 5.64. The summed E-state index contributed by atoms with van der Waals surface area (Å²) in [4.78, 5) is 28.1. The number of likely N-dealkylation sites (tertiary alicyclic amines) is 1. The predicted octanol–water partition coefficient (Wildman–Crippen LogP) is 2.10. The predicted molar refractivity (Wildman–Crippen MR) is 89.4 cm³/mol. The van der Waals surface area contributed by atoms with Gasteiger partial charge in [-0.1, -0.05) is 0 Å². The average molecular weight is 340 g/mol. The van der Waals surface area contributed by atoms with Crippen LogP contribution >= 0.6 is 11.3 Å². The van der Waals surface area contributed by atoms with E-state index in [2.05, 4.69) is 20.1 Å². The quantitative estimate of drug-likeness (QED) is 0.727. The van der Waals surface area contributed by atoms with E-state index < -0.39 is 0 Å². The molecule has 0 saturated carbocycles. The van der Waals surface area contributed by atoms with Gasteiger partial charge in [-0.15, -0.1) is 11.3 Å². The fourth-order valence-electron chi connectivity index (χ4n) is 2.96. The van der Waals surface area contributed by atoms with E-state index in [0.717, 1.165) is 25.9 Å². The summed E-state index contributed by atoms with van der Waals surface area (Å²) in [5.74, 6) is 0.0392. The van der Waals surface area contributed by atoms with Gasteiger partial charge in [0, 0.05) is 31.3 Å². The molecular weight excluding hydrogens is 324 g/mol. The highest BCUT2D eigenvalue weighted by Crippen LogP contribution is 2.27. The van der Waals surface area contributed by atoms with E-state index in [9.17, 15) is 4.79 Å². The summed E-state index contributed by atoms with van der Waals surface area (Å²) in [6, 6.07) is 2.08. The second-order valence-corrected chi connectivity index (χ2v) is 6.67. The summed E-state index contributed by atoms with van der Waals surface area (Å²) in [5, 5.41) is 4.96. The Morgan fingerprint density at radius 1 is 1.25 bits per heavy atom. The summed E-state index contributed by atoms with van der Waals surface area (Å²) in [5.41, 5.74) is 0.691. The molecule has 0 spiro atoms. The van der Waals surface area contributed by atoms with E-state index in [-0.39, 0.29) is 11.9 Å². The summed E-state index contributed by atoms with van der Waals surface area (Å²) in [7, 11) is 0. The van der Waals surface area contributed by atoms with Crippen LogP contribution in [0.15, 0.2) is 43.2 Å². The highest BCUT2D eigenvalue weighted by atomic mass is 32.1. The number of aromatic nitrogens is 5. The zero-order chi connectivity index (χ0) is 16.4. The molecule has 7 nitrogen and oxygen atoms in total. The summed E-state index contributed by atoms with van der Waals surface area (Å²) in [6.07, 6.45) is 12.3. The van der Waals surface area contributed by atoms with E-state index in [1.807, 2.05) is 21.8 Å². The zero-order valence-corrected chi connectivity index (χ0v) is 13.8. The van der Waals surface area contributed by atoms with E-state index >= 15 is 0 Å². The van der Waals surface area contributed by atoms with Gasteiger partial charge in [0.2, 0.25) is 0 Å². The zero-order valence-electron chi connectivity index (χ0n) is 12.9. The van der Waals surface area contributed by atoms with E-state index in [1.165, 1.54) is 11.3 Å². The lowest BCUT2D eigenvalue weighted by atomic mass is 10.2. The van der Waals surface area contributed by atoms with Crippen molar-refractivity contribution in [1.29, 1.82) is 0 Å². The van der Waals surface area contributed by atoms with Crippen molar-refractivity contribution in [3.8, 4) is 10.7 Å². The highest BCUT2D eigenvalue weighted by Gasteiger charge is 2.30. The third kappa shape index (κ3) is 2.92. The Labute approximate surface area is 143 Å². The number of carbonyl (C=O) groups is 1. The SMILES string of the molecule is O=C(c1cnc(-c2cnccn2)s1)N1CCC[C@@H]1Cn1cccn1. The van der Waals surface area contributed by atoms with Crippen LogP contribution in [0.2, 0.25) is 0 Å². The molecule has 1 saturated heterocycles. The molecule has 3 aromatic heterocycles. The maximum atomic E-state index is 12.9. The first-order chi connectivity index (χ1) is 11.8. The molecule has 0 unspecified atom stereocenters. The van der Waals surface area contributed by atoms with Crippen molar-refractivity contribution >= 4 is 17.2 Å². The molecule has 0 aromatic carbocycles. The second kappa shape index (κ2) is 6.48. The minimum Gasteiger partial charge on any atom is -0.333 e. The monoisotopic (exact) mass is 340 g/mol. The average Bonchev–Trinajstić information content (AvgIpc) is 3.37. The van der Waals surface area contributed by atoms with Gasteiger partial charge in [-0.25, -0.2) is 4.98 Å². The summed E-state index contributed by atoms with van der Waals surface area (Å²) in [6.45, 7) is 1.51. The van der Waals surface area contributed by atoms with Crippen molar-refractivity contribution < 1.29 is 4.79 Å². The van der Waals surface area contributed by atoms with Crippen LogP contribution in [0.25, 0.3) is 10.7 Å². The van der Waals surface area contributed by atoms with E-state index in [4.69, 9.17) is 0 Å². The molecule has 1 aliphatic heterocycles. The maximum Gasteiger partial charge on any atom is 0.265 e. The molecule has 1 fully saturated rings. The molecule has 0 radical (unpaired) electrons. The number of thiazole rings is 1. The van der Waals surface area contributed by atoms with Gasteiger partial charge in [0.25, 0.3) is 5.91 Å². The smallest absolute Gasteiger partial charge is 0.265 e. The number of nitrogens with zero attached hydrogens (tertiary/aromatic N) is 6. The Morgan fingerprint density at radius 3 is 3.00 bits per heavy atom. The molecule has 8 heteroatoms. The van der Waals surface area contributed by atoms with Gasteiger partial charge in [-0.2, -0.15) is 5.10 Å². The number of rotatable bonds is 4. The Balaban J connectivity index is 1.52. The van der Waals surface area contributed by atoms with Crippen LogP contribution in [0.5, 0.6) is 0 Å². The largest absolute Gasteiger partial charge is 0.333 e. The molecule has 3 aromatic rings. The van der Waals surface area contributed by atoms with Crippen molar-refractivity contribution in [3.05, 3.63) is 48.1 Å². The Kier molecular flexibility index (Phi) is 4.04. The summed E-state index contributed by atoms with van der Waals surface area (Å²) >= 11 is 1.36. The first-order valence-electron chi connectivity index (χ1n) is 7.82. The lowest BCUT2D eigenvalue weighted by Gasteiger charge is -2.24. The normalized spacial score (nSPS) is 17.3. The number of carbonyl (C=O) groups excluding carboxylic acids is 1. The molecule has 0 N–H and O–H groups in total. The van der Waals surface area contributed by atoms with Gasteiger partial charge in [0.15, 0.2) is 0 Å². The van der Waals surface area contributed by atoms with Crippen LogP contribution in [-0.2, 0) is 6.54 Å². The molecule has 1 atom stereocenters. The number of hydrogen-bond donors (Lipinski definition) is 0. The van der Waals surface area contributed by atoms with Gasteiger partial charge in [-0.3, -0.25) is 19.4 Å². The van der Waals surface area contributed by atoms with Crippen molar-refractivity contribution in [2.24, 2.45) is 0 Å². The third-order valence-electron chi connectivity index (χ3n) is 4.09. The highest BCUT2D eigenvalue weighted by molar-refractivity contribution is 7.16. The van der Waals surface area contributed by atoms with Crippen LogP contribution in [0, 0.1) is 0 Å². The molecule has 4 heterocycles. The van der Waals surface area contributed by atoms with Gasteiger partial charge in [0.05, 0.1) is 25.0 Å². The Morgan fingerprint density at radius 2 is 2.21 bits per heavy atom. The van der Waals surface area contributed by atoms with Crippen molar-refractivity contribution in [3.63, 3.8) is 0 Å². The van der Waals surface area contributed by atoms with Crippen LogP contribution in [0.3, 0.4) is 0 Å². The number of amides is 1. The van der Waals surface area contributed by atoms with E-state index in [1.54, 1.807) is 31.0 Å². The van der Waals surface area contributed by atoms with Crippen LogP contribution in [0.1, 0.15) is 22.5 Å². The first kappa shape index (κ1) is 14.9. The molecule has 122 valence electrons. The van der Waals surface area contributed by atoms with Crippen molar-refractivity contribution in [2.75, 3.05) is 6.54 Å². The molecule has 0 bridgehead atoms. The Hall–Kier alpha value is -2.61. The van der Waals surface area contributed by atoms with Crippen LogP contribution < -0.4 is 0 Å². The molecular formula is C16H16N6OS. The molecule has 4 rings (SSSR count). The topological polar surface area (TPSA) is 76.8 Å². The van der Waals surface area contributed by atoms with Crippen LogP contribution in [-0.4, -0.2) is 48.1 Å². The molecule has 1 aliphatic rings. The van der Waals surface area contributed by atoms with Crippen molar-refractivity contribution in [2.45, 2.75) is 25.4 Å². The first-order valence-corrected chi connectivity index (χ1v) is 8.63. The third-order valence-corrected chi connectivity index (χ3v) is 5.10. The van der Waals surface area contributed by atoms with Gasteiger partial charge in [-0.05, 0) is 18.9 Å². The standard InChI is InChI=1S/C16H16N6OS/c23-16(14-10-19-15(24-14)13-9-17-5-6-18-13)22-8-1-3-12(22)11-21-7-2-4-20-21/h2,4-7,9-10,12H,1,3,8,11H2/t12-/m1/s1. The van der Waals surface area contributed by atoms with Crippen molar-refractivity contribution in [1.82, 2.24) is 29.6 Å². The minimum absolute atomic E-state index is 0.0392. The summed E-state index contributed by atoms with van der Waals surface area (Å²) < 4.78 is 1.88. The van der Waals surface area contributed by atoms with E-state index in [0.29, 0.717) is 15.6 Å². The molecule has 0 aliphatic carbocycles. The van der Waals surface area contributed by atoms with Gasteiger partial charge < -0.3 is 4.90 Å². The molecule has 24 heavy (non-hydrogen) atoms. The van der Waals surface area contributed by atoms with Crippen LogP contribution in [0.4, 0.5) is 0 Å². The lowest BCUT2D eigenvalue weighted by Crippen LogP contribution is -2.37. The Bertz CT molecular complexity index is 816. The molecule has 1 amide bonds. The fraction of sp³-hybridized carbons (Fsp3) is 0.312. The lowest BCUT2D eigenvalue weighted by molar-refractivity contribution is 0.0726. The van der Waals surface area contributed by atoms with Gasteiger partial charge >= 0.3 is 0 Å². The minimum atomic E-state index is 0.0392.